The van der Waals surface area contributed by atoms with Crippen LogP contribution in [0.5, 0.6) is 0 Å². The summed E-state index contributed by atoms with van der Waals surface area (Å²) in [5, 5.41) is 12.7. The summed E-state index contributed by atoms with van der Waals surface area (Å²) in [6, 6.07) is 17.7. The maximum atomic E-state index is 12.4. The zero-order valence-electron chi connectivity index (χ0n) is 14.2. The van der Waals surface area contributed by atoms with Crippen LogP contribution in [-0.4, -0.2) is 29.9 Å². The SMILES string of the molecule is CSCc1ccc(C(=O)NCC(CC(C)O)c2ccccc2)cc1. The van der Waals surface area contributed by atoms with Crippen LogP contribution in [0.4, 0.5) is 0 Å². The molecule has 0 bridgehead atoms. The summed E-state index contributed by atoms with van der Waals surface area (Å²) in [5.41, 5.74) is 3.02. The highest BCUT2D eigenvalue weighted by Crippen LogP contribution is 2.20. The zero-order chi connectivity index (χ0) is 17.4. The van der Waals surface area contributed by atoms with Crippen molar-refractivity contribution >= 4 is 17.7 Å². The second kappa shape index (κ2) is 9.50. The minimum Gasteiger partial charge on any atom is -0.393 e. The van der Waals surface area contributed by atoms with Crippen LogP contribution < -0.4 is 5.32 Å². The molecule has 0 spiro atoms. The third-order valence-electron chi connectivity index (χ3n) is 3.93. The summed E-state index contributed by atoms with van der Waals surface area (Å²) in [5.74, 6) is 0.981. The lowest BCUT2D eigenvalue weighted by molar-refractivity contribution is 0.0945. The van der Waals surface area contributed by atoms with E-state index in [1.54, 1.807) is 18.7 Å². The molecule has 24 heavy (non-hydrogen) atoms. The second-order valence-electron chi connectivity index (χ2n) is 6.03. The van der Waals surface area contributed by atoms with Gasteiger partial charge in [0.2, 0.25) is 0 Å². The molecule has 0 fully saturated rings. The van der Waals surface area contributed by atoms with Gasteiger partial charge in [-0.25, -0.2) is 0 Å². The van der Waals surface area contributed by atoms with Gasteiger partial charge in [0.05, 0.1) is 6.10 Å². The number of aliphatic hydroxyl groups is 1. The number of benzene rings is 2. The normalized spacial score (nSPS) is 13.3. The summed E-state index contributed by atoms with van der Waals surface area (Å²) >= 11 is 1.76. The summed E-state index contributed by atoms with van der Waals surface area (Å²) in [6.45, 7) is 2.29. The van der Waals surface area contributed by atoms with Crippen molar-refractivity contribution in [3.63, 3.8) is 0 Å². The average molecular weight is 343 g/mol. The Morgan fingerprint density at radius 3 is 2.38 bits per heavy atom. The van der Waals surface area contributed by atoms with Crippen molar-refractivity contribution in [2.45, 2.75) is 31.1 Å². The minimum absolute atomic E-state index is 0.0720. The van der Waals surface area contributed by atoms with Crippen LogP contribution in [-0.2, 0) is 5.75 Å². The first-order chi connectivity index (χ1) is 11.6. The van der Waals surface area contributed by atoms with Gasteiger partial charge in [-0.2, -0.15) is 11.8 Å². The fraction of sp³-hybridized carbons (Fsp3) is 0.350. The molecular formula is C20H25NO2S. The van der Waals surface area contributed by atoms with Crippen LogP contribution in [0, 0.1) is 0 Å². The maximum absolute atomic E-state index is 12.4. The first-order valence-corrected chi connectivity index (χ1v) is 9.58. The standard InChI is InChI=1S/C20H25NO2S/c1-15(22)12-19(17-6-4-3-5-7-17)13-21-20(23)18-10-8-16(9-11-18)14-24-2/h3-11,15,19,22H,12-14H2,1-2H3,(H,21,23). The monoisotopic (exact) mass is 343 g/mol. The molecule has 2 N–H and O–H groups in total. The molecule has 2 aromatic rings. The van der Waals surface area contributed by atoms with E-state index >= 15 is 0 Å². The smallest absolute Gasteiger partial charge is 0.251 e. The van der Waals surface area contributed by atoms with Crippen LogP contribution in [0.1, 0.15) is 40.7 Å². The van der Waals surface area contributed by atoms with Gasteiger partial charge >= 0.3 is 0 Å². The van der Waals surface area contributed by atoms with E-state index in [-0.39, 0.29) is 11.8 Å². The van der Waals surface area contributed by atoms with Crippen molar-refractivity contribution in [2.75, 3.05) is 12.8 Å². The fourth-order valence-corrected chi connectivity index (χ4v) is 3.24. The van der Waals surface area contributed by atoms with Crippen LogP contribution in [0.2, 0.25) is 0 Å². The van der Waals surface area contributed by atoms with E-state index in [0.29, 0.717) is 18.5 Å². The molecule has 0 aromatic heterocycles. The van der Waals surface area contributed by atoms with E-state index in [4.69, 9.17) is 0 Å². The molecule has 128 valence electrons. The molecule has 0 saturated heterocycles. The van der Waals surface area contributed by atoms with Crippen LogP contribution >= 0.6 is 11.8 Å². The largest absolute Gasteiger partial charge is 0.393 e. The molecule has 2 unspecified atom stereocenters. The third-order valence-corrected chi connectivity index (χ3v) is 4.55. The Balaban J connectivity index is 1.99. The summed E-state index contributed by atoms with van der Waals surface area (Å²) in [6.07, 6.45) is 2.28. The van der Waals surface area contributed by atoms with E-state index in [0.717, 1.165) is 11.3 Å². The third kappa shape index (κ3) is 5.69. The van der Waals surface area contributed by atoms with Crippen molar-refractivity contribution in [1.82, 2.24) is 5.32 Å². The summed E-state index contributed by atoms with van der Waals surface area (Å²) in [7, 11) is 0. The first-order valence-electron chi connectivity index (χ1n) is 8.19. The highest BCUT2D eigenvalue weighted by Gasteiger charge is 2.16. The lowest BCUT2D eigenvalue weighted by Crippen LogP contribution is -2.29. The van der Waals surface area contributed by atoms with E-state index in [9.17, 15) is 9.90 Å². The predicted molar refractivity (Wildman–Crippen MR) is 101 cm³/mol. The van der Waals surface area contributed by atoms with Crippen LogP contribution in [0.3, 0.4) is 0 Å². The van der Waals surface area contributed by atoms with Gasteiger partial charge in [-0.05, 0) is 42.9 Å². The molecule has 0 aliphatic rings. The Bertz CT molecular complexity index is 626. The van der Waals surface area contributed by atoms with Crippen LogP contribution in [0.25, 0.3) is 0 Å². The fourth-order valence-electron chi connectivity index (χ4n) is 2.71. The van der Waals surface area contributed by atoms with E-state index in [2.05, 4.69) is 11.6 Å². The van der Waals surface area contributed by atoms with E-state index in [1.807, 2.05) is 54.6 Å². The van der Waals surface area contributed by atoms with Gasteiger partial charge < -0.3 is 10.4 Å². The Morgan fingerprint density at radius 2 is 1.79 bits per heavy atom. The molecule has 0 aliphatic heterocycles. The van der Waals surface area contributed by atoms with Gasteiger partial charge in [0, 0.05) is 23.8 Å². The quantitative estimate of drug-likeness (QED) is 0.766. The number of nitrogens with one attached hydrogen (secondary N) is 1. The molecule has 2 atom stereocenters. The van der Waals surface area contributed by atoms with Crippen molar-refractivity contribution in [3.05, 3.63) is 71.3 Å². The van der Waals surface area contributed by atoms with Gasteiger partial charge in [0.1, 0.15) is 0 Å². The Labute approximate surface area is 148 Å². The van der Waals surface area contributed by atoms with Crippen molar-refractivity contribution in [1.29, 1.82) is 0 Å². The second-order valence-corrected chi connectivity index (χ2v) is 6.90. The number of amides is 1. The number of hydrogen-bond donors (Lipinski definition) is 2. The summed E-state index contributed by atoms with van der Waals surface area (Å²) in [4.78, 5) is 12.4. The maximum Gasteiger partial charge on any atom is 0.251 e. The van der Waals surface area contributed by atoms with Gasteiger partial charge in [-0.1, -0.05) is 42.5 Å². The highest BCUT2D eigenvalue weighted by molar-refractivity contribution is 7.97. The number of aliphatic hydroxyl groups excluding tert-OH is 1. The average Bonchev–Trinajstić information content (AvgIpc) is 2.60. The topological polar surface area (TPSA) is 49.3 Å². The molecular weight excluding hydrogens is 318 g/mol. The molecule has 0 saturated carbocycles. The van der Waals surface area contributed by atoms with Crippen molar-refractivity contribution in [2.24, 2.45) is 0 Å². The number of thioether (sulfide) groups is 1. The van der Waals surface area contributed by atoms with Gasteiger partial charge in [-0.3, -0.25) is 4.79 Å². The minimum atomic E-state index is -0.405. The Hall–Kier alpha value is -1.78. The number of rotatable bonds is 8. The molecule has 2 aromatic carbocycles. The van der Waals surface area contributed by atoms with Gasteiger partial charge in [-0.15, -0.1) is 0 Å². The number of carbonyl (C=O) groups excluding carboxylic acids is 1. The van der Waals surface area contributed by atoms with Gasteiger partial charge in [0.15, 0.2) is 0 Å². The van der Waals surface area contributed by atoms with Crippen LogP contribution in [0.15, 0.2) is 54.6 Å². The lowest BCUT2D eigenvalue weighted by Gasteiger charge is -2.19. The molecule has 1 amide bonds. The predicted octanol–water partition coefficient (Wildman–Crippen LogP) is 3.83. The Morgan fingerprint density at radius 1 is 1.12 bits per heavy atom. The van der Waals surface area contributed by atoms with E-state index in [1.165, 1.54) is 5.56 Å². The Kier molecular flexibility index (Phi) is 7.35. The summed E-state index contributed by atoms with van der Waals surface area (Å²) < 4.78 is 0. The van der Waals surface area contributed by atoms with E-state index < -0.39 is 6.10 Å². The van der Waals surface area contributed by atoms with Crippen molar-refractivity contribution in [3.8, 4) is 0 Å². The lowest BCUT2D eigenvalue weighted by atomic mass is 9.93. The van der Waals surface area contributed by atoms with Crippen molar-refractivity contribution < 1.29 is 9.90 Å². The molecule has 0 heterocycles. The zero-order valence-corrected chi connectivity index (χ0v) is 15.1. The van der Waals surface area contributed by atoms with Gasteiger partial charge in [0.25, 0.3) is 5.91 Å². The molecule has 4 heteroatoms. The molecule has 2 rings (SSSR count). The highest BCUT2D eigenvalue weighted by atomic mass is 32.2. The molecule has 0 radical (unpaired) electrons. The first kappa shape index (κ1) is 18.6. The molecule has 0 aliphatic carbocycles. The number of hydrogen-bond acceptors (Lipinski definition) is 3. The molecule has 3 nitrogen and oxygen atoms in total. The number of carbonyl (C=O) groups is 1.